The molecule has 0 aliphatic carbocycles. The van der Waals surface area contributed by atoms with E-state index in [0.29, 0.717) is 23.8 Å². The second-order valence-electron chi connectivity index (χ2n) is 10.5. The van der Waals surface area contributed by atoms with Crippen LogP contribution in [0.25, 0.3) is 5.76 Å². The Balaban J connectivity index is 2.09. The van der Waals surface area contributed by atoms with Crippen molar-refractivity contribution in [2.45, 2.75) is 53.0 Å². The number of nitrogens with zero attached hydrogens (tertiary/aromatic N) is 1. The van der Waals surface area contributed by atoms with E-state index in [0.717, 1.165) is 16.7 Å². The number of ketones is 1. The van der Waals surface area contributed by atoms with Gasteiger partial charge in [-0.1, -0.05) is 58.9 Å². The smallest absolute Gasteiger partial charge is 0.295 e. The number of Topliss-reactive ketones (excluding diaryl/α,β-unsaturated/α-hetero) is 1. The molecule has 3 rings (SSSR count). The minimum Gasteiger partial charge on any atom is -0.507 e. The van der Waals surface area contributed by atoms with Gasteiger partial charge in [0.1, 0.15) is 11.5 Å². The highest BCUT2D eigenvalue weighted by atomic mass is 16.5. The van der Waals surface area contributed by atoms with Gasteiger partial charge in [-0.3, -0.25) is 9.59 Å². The molecule has 1 saturated heterocycles. The summed E-state index contributed by atoms with van der Waals surface area (Å²) in [5.41, 5.74) is 3.23. The molecule has 188 valence electrons. The Morgan fingerprint density at radius 3 is 2.29 bits per heavy atom. The Bertz CT molecular complexity index is 1110. The van der Waals surface area contributed by atoms with Crippen molar-refractivity contribution in [3.8, 4) is 5.75 Å². The molecule has 0 aromatic heterocycles. The van der Waals surface area contributed by atoms with Crippen molar-refractivity contribution >= 4 is 17.4 Å². The highest BCUT2D eigenvalue weighted by Gasteiger charge is 2.46. The van der Waals surface area contributed by atoms with E-state index in [2.05, 4.69) is 34.6 Å². The number of ether oxygens (including phenoxy) is 2. The van der Waals surface area contributed by atoms with E-state index in [1.807, 2.05) is 37.3 Å². The third kappa shape index (κ3) is 5.76. The Hall–Kier alpha value is -3.12. The number of methoxy groups -OCH3 is 1. The van der Waals surface area contributed by atoms with Crippen LogP contribution < -0.4 is 4.74 Å². The quantitative estimate of drug-likeness (QED) is 0.312. The largest absolute Gasteiger partial charge is 0.507 e. The molecule has 1 heterocycles. The topological polar surface area (TPSA) is 76.1 Å². The molecule has 6 nitrogen and oxygen atoms in total. The fraction of sp³-hybridized carbons (Fsp3) is 0.448. The fourth-order valence-corrected chi connectivity index (χ4v) is 4.21. The second-order valence-corrected chi connectivity index (χ2v) is 10.5. The molecule has 1 aliphatic heterocycles. The van der Waals surface area contributed by atoms with E-state index in [1.54, 1.807) is 19.2 Å². The van der Waals surface area contributed by atoms with Gasteiger partial charge in [0.15, 0.2) is 0 Å². The number of hydrogen-bond acceptors (Lipinski definition) is 5. The predicted molar refractivity (Wildman–Crippen MR) is 138 cm³/mol. The van der Waals surface area contributed by atoms with Gasteiger partial charge in [-0.15, -0.1) is 0 Å². The van der Waals surface area contributed by atoms with Crippen LogP contribution >= 0.6 is 0 Å². The molecule has 1 fully saturated rings. The van der Waals surface area contributed by atoms with Crippen LogP contribution in [0.15, 0.2) is 48.0 Å². The number of amides is 1. The normalized spacial score (nSPS) is 17.9. The molecular weight excluding hydrogens is 442 g/mol. The first-order chi connectivity index (χ1) is 16.5. The van der Waals surface area contributed by atoms with E-state index in [-0.39, 0.29) is 29.9 Å². The third-order valence-corrected chi connectivity index (χ3v) is 6.21. The van der Waals surface area contributed by atoms with Gasteiger partial charge in [0, 0.05) is 19.2 Å². The summed E-state index contributed by atoms with van der Waals surface area (Å²) < 4.78 is 11.0. The van der Waals surface area contributed by atoms with Gasteiger partial charge >= 0.3 is 0 Å². The molecule has 6 heteroatoms. The summed E-state index contributed by atoms with van der Waals surface area (Å²) >= 11 is 0. The van der Waals surface area contributed by atoms with Crippen LogP contribution in [0.5, 0.6) is 5.75 Å². The lowest BCUT2D eigenvalue weighted by Gasteiger charge is -2.26. The number of hydrogen-bond donors (Lipinski definition) is 1. The maximum absolute atomic E-state index is 13.2. The molecule has 0 bridgehead atoms. The lowest BCUT2D eigenvalue weighted by molar-refractivity contribution is -0.140. The number of aliphatic hydroxyl groups is 1. The maximum Gasteiger partial charge on any atom is 0.295 e. The number of carbonyl (C=O) groups excluding carboxylic acids is 2. The highest BCUT2D eigenvalue weighted by Crippen LogP contribution is 2.40. The van der Waals surface area contributed by atoms with Crippen LogP contribution in [0.2, 0.25) is 0 Å². The molecule has 0 spiro atoms. The van der Waals surface area contributed by atoms with Crippen molar-refractivity contribution in [2.75, 3.05) is 26.9 Å². The lowest BCUT2D eigenvalue weighted by atomic mass is 9.85. The molecule has 1 unspecified atom stereocenters. The molecular formula is C29H37NO5. The number of carbonyl (C=O) groups is 2. The van der Waals surface area contributed by atoms with Crippen LogP contribution in [0.4, 0.5) is 0 Å². The van der Waals surface area contributed by atoms with Crippen molar-refractivity contribution in [1.29, 1.82) is 0 Å². The van der Waals surface area contributed by atoms with Gasteiger partial charge < -0.3 is 19.5 Å². The van der Waals surface area contributed by atoms with Crippen molar-refractivity contribution in [1.82, 2.24) is 4.90 Å². The van der Waals surface area contributed by atoms with E-state index >= 15 is 0 Å². The summed E-state index contributed by atoms with van der Waals surface area (Å²) in [5.74, 6) is -0.425. The Morgan fingerprint density at radius 2 is 1.74 bits per heavy atom. The Labute approximate surface area is 208 Å². The third-order valence-electron chi connectivity index (χ3n) is 6.21. The average molecular weight is 480 g/mol. The summed E-state index contributed by atoms with van der Waals surface area (Å²) in [6.45, 7) is 13.5. The van der Waals surface area contributed by atoms with Crippen LogP contribution in [-0.4, -0.2) is 48.6 Å². The van der Waals surface area contributed by atoms with E-state index in [9.17, 15) is 14.7 Å². The monoisotopic (exact) mass is 479 g/mol. The standard InChI is InChI=1S/C29H37NO5/c1-18(2)17-35-22-12-13-23(19(3)16-22)26(31)24-25(30(14-15-34-7)28(33)27(24)32)20-8-10-21(11-9-20)29(4,5)6/h8-13,16,18,25,31H,14-15,17H2,1-7H3/b26-24+. The second kappa shape index (κ2) is 10.6. The zero-order valence-electron chi connectivity index (χ0n) is 21.8. The molecule has 2 aromatic carbocycles. The van der Waals surface area contributed by atoms with Crippen LogP contribution in [-0.2, 0) is 19.7 Å². The van der Waals surface area contributed by atoms with Gasteiger partial charge in [-0.25, -0.2) is 0 Å². The summed E-state index contributed by atoms with van der Waals surface area (Å²) in [6, 6.07) is 12.5. The first-order valence-corrected chi connectivity index (χ1v) is 12.1. The molecule has 0 radical (unpaired) electrons. The van der Waals surface area contributed by atoms with Gasteiger partial charge in [-0.2, -0.15) is 0 Å². The summed E-state index contributed by atoms with van der Waals surface area (Å²) in [6.07, 6.45) is 0. The van der Waals surface area contributed by atoms with E-state index in [1.165, 1.54) is 4.90 Å². The van der Waals surface area contributed by atoms with Crippen LogP contribution in [0.1, 0.15) is 62.9 Å². The number of aryl methyl sites for hydroxylation is 1. The number of rotatable bonds is 8. The fourth-order valence-electron chi connectivity index (χ4n) is 4.21. The molecule has 2 aromatic rings. The van der Waals surface area contributed by atoms with Gasteiger partial charge in [0.05, 0.1) is 24.8 Å². The number of aliphatic hydroxyl groups excluding tert-OH is 1. The summed E-state index contributed by atoms with van der Waals surface area (Å²) in [5, 5.41) is 11.4. The highest BCUT2D eigenvalue weighted by molar-refractivity contribution is 6.46. The molecule has 35 heavy (non-hydrogen) atoms. The zero-order valence-corrected chi connectivity index (χ0v) is 21.8. The Morgan fingerprint density at radius 1 is 1.09 bits per heavy atom. The lowest BCUT2D eigenvalue weighted by Crippen LogP contribution is -2.32. The zero-order chi connectivity index (χ0) is 25.9. The Kier molecular flexibility index (Phi) is 8.06. The minimum atomic E-state index is -0.699. The van der Waals surface area contributed by atoms with Crippen molar-refractivity contribution in [2.24, 2.45) is 5.92 Å². The average Bonchev–Trinajstić information content (AvgIpc) is 3.05. The first-order valence-electron chi connectivity index (χ1n) is 12.1. The maximum atomic E-state index is 13.2. The molecule has 0 saturated carbocycles. The number of benzene rings is 2. The predicted octanol–water partition coefficient (Wildman–Crippen LogP) is 5.40. The van der Waals surface area contributed by atoms with E-state index < -0.39 is 17.7 Å². The number of likely N-dealkylation sites (tertiary alicyclic amines) is 1. The van der Waals surface area contributed by atoms with Crippen molar-refractivity contribution < 1.29 is 24.2 Å². The molecule has 1 atom stereocenters. The van der Waals surface area contributed by atoms with Gasteiger partial charge in [-0.05, 0) is 53.1 Å². The molecule has 1 amide bonds. The van der Waals surface area contributed by atoms with Crippen molar-refractivity contribution in [3.63, 3.8) is 0 Å². The SMILES string of the molecule is COCCN1C(=O)C(=O)/C(=C(/O)c2ccc(OCC(C)C)cc2C)C1c1ccc(C(C)(C)C)cc1. The van der Waals surface area contributed by atoms with Crippen molar-refractivity contribution in [3.05, 3.63) is 70.3 Å². The van der Waals surface area contributed by atoms with Gasteiger partial charge in [0.2, 0.25) is 0 Å². The first kappa shape index (κ1) is 26.5. The summed E-state index contributed by atoms with van der Waals surface area (Å²) in [7, 11) is 1.55. The van der Waals surface area contributed by atoms with Gasteiger partial charge in [0.25, 0.3) is 11.7 Å². The summed E-state index contributed by atoms with van der Waals surface area (Å²) in [4.78, 5) is 27.7. The minimum absolute atomic E-state index is 0.0348. The molecule has 1 aliphatic rings. The van der Waals surface area contributed by atoms with Crippen LogP contribution in [0, 0.1) is 12.8 Å². The molecule has 1 N–H and O–H groups in total. The van der Waals surface area contributed by atoms with E-state index in [4.69, 9.17) is 9.47 Å². The van der Waals surface area contributed by atoms with Crippen LogP contribution in [0.3, 0.4) is 0 Å².